The van der Waals surface area contributed by atoms with Gasteiger partial charge in [-0.1, -0.05) is 25.0 Å². The van der Waals surface area contributed by atoms with Gasteiger partial charge in [0.2, 0.25) is 17.7 Å². The van der Waals surface area contributed by atoms with Crippen molar-refractivity contribution in [2.45, 2.75) is 32.1 Å². The molecule has 0 aromatic heterocycles. The Hall–Kier alpha value is -1.65. The Morgan fingerprint density at radius 1 is 0.955 bits per heavy atom. The molecule has 3 amide bonds. The van der Waals surface area contributed by atoms with Gasteiger partial charge < -0.3 is 4.90 Å². The van der Waals surface area contributed by atoms with E-state index in [1.165, 1.54) is 4.90 Å². The van der Waals surface area contributed by atoms with Gasteiger partial charge in [0.25, 0.3) is 0 Å². The van der Waals surface area contributed by atoms with E-state index < -0.39 is 0 Å². The number of imide groups is 1. The third-order valence-electron chi connectivity index (χ3n) is 5.81. The number of hydrogen-bond donors (Lipinski definition) is 0. The minimum atomic E-state index is -0.195. The lowest BCUT2D eigenvalue weighted by atomic mass is 9.85. The topological polar surface area (TPSA) is 57.7 Å². The molecule has 0 aromatic rings. The van der Waals surface area contributed by atoms with E-state index in [9.17, 15) is 14.4 Å². The van der Waals surface area contributed by atoms with E-state index in [4.69, 9.17) is 0 Å². The van der Waals surface area contributed by atoms with Crippen LogP contribution in [-0.2, 0) is 14.4 Å². The first-order chi connectivity index (χ1) is 10.7. The Balaban J connectivity index is 1.46. The Morgan fingerprint density at radius 3 is 2.05 bits per heavy atom. The number of hydrogen-bond acceptors (Lipinski definition) is 3. The Kier molecular flexibility index (Phi) is 3.31. The zero-order valence-corrected chi connectivity index (χ0v) is 12.7. The highest BCUT2D eigenvalue weighted by Gasteiger charge is 2.59. The number of allylic oxidation sites excluding steroid dienone is 2. The Bertz CT molecular complexity index is 518. The van der Waals surface area contributed by atoms with Crippen LogP contribution in [0.5, 0.6) is 0 Å². The average Bonchev–Trinajstić information content (AvgIpc) is 3.09. The zero-order chi connectivity index (χ0) is 15.3. The first-order valence-corrected chi connectivity index (χ1v) is 8.48. The van der Waals surface area contributed by atoms with Crippen LogP contribution in [0.25, 0.3) is 0 Å². The summed E-state index contributed by atoms with van der Waals surface area (Å²) in [5.74, 6) is -0.262. The smallest absolute Gasteiger partial charge is 0.242 e. The van der Waals surface area contributed by atoms with Crippen molar-refractivity contribution < 1.29 is 14.4 Å². The molecule has 4 rings (SSSR count). The van der Waals surface area contributed by atoms with Gasteiger partial charge in [-0.05, 0) is 31.1 Å². The normalized spacial score (nSPS) is 36.9. The molecule has 2 aliphatic heterocycles. The molecule has 5 nitrogen and oxygen atoms in total. The van der Waals surface area contributed by atoms with Crippen molar-refractivity contribution in [3.8, 4) is 0 Å². The summed E-state index contributed by atoms with van der Waals surface area (Å²) in [5, 5.41) is 0. The van der Waals surface area contributed by atoms with Gasteiger partial charge in [-0.2, -0.15) is 0 Å². The molecule has 5 heteroatoms. The standard InChI is InChI=1S/C17H22N2O3/c20-13(18-7-3-1-2-4-8-18)10-19-16(21)14-11-5-6-12(9-11)15(14)17(19)22/h5-6,11-12,14-15H,1-4,7-10H2. The fourth-order valence-electron chi connectivity index (χ4n) is 4.68. The molecule has 118 valence electrons. The molecule has 0 aromatic carbocycles. The maximum atomic E-state index is 12.6. The van der Waals surface area contributed by atoms with Gasteiger partial charge in [0.1, 0.15) is 6.54 Å². The van der Waals surface area contributed by atoms with Crippen LogP contribution in [0.3, 0.4) is 0 Å². The molecule has 4 aliphatic rings. The van der Waals surface area contributed by atoms with E-state index >= 15 is 0 Å². The van der Waals surface area contributed by atoms with Crippen LogP contribution in [0.4, 0.5) is 0 Å². The summed E-state index contributed by atoms with van der Waals surface area (Å²) in [4.78, 5) is 40.7. The lowest BCUT2D eigenvalue weighted by molar-refractivity contribution is -0.147. The zero-order valence-electron chi connectivity index (χ0n) is 12.7. The molecule has 4 unspecified atom stereocenters. The molecular formula is C17H22N2O3. The van der Waals surface area contributed by atoms with E-state index in [0.29, 0.717) is 0 Å². The molecule has 2 bridgehead atoms. The third-order valence-corrected chi connectivity index (χ3v) is 5.81. The largest absolute Gasteiger partial charge is 0.341 e. The van der Waals surface area contributed by atoms with Crippen molar-refractivity contribution in [1.82, 2.24) is 9.80 Å². The Labute approximate surface area is 130 Å². The van der Waals surface area contributed by atoms with Crippen molar-refractivity contribution in [1.29, 1.82) is 0 Å². The minimum absolute atomic E-state index is 0.0515. The van der Waals surface area contributed by atoms with Crippen LogP contribution in [0, 0.1) is 23.7 Å². The van der Waals surface area contributed by atoms with Crippen molar-refractivity contribution >= 4 is 17.7 Å². The molecule has 2 saturated heterocycles. The van der Waals surface area contributed by atoms with Gasteiger partial charge in [-0.3, -0.25) is 19.3 Å². The summed E-state index contributed by atoms with van der Waals surface area (Å²) in [6, 6.07) is 0. The van der Waals surface area contributed by atoms with Crippen molar-refractivity contribution in [2.75, 3.05) is 19.6 Å². The van der Waals surface area contributed by atoms with Gasteiger partial charge in [-0.15, -0.1) is 0 Å². The van der Waals surface area contributed by atoms with Crippen LogP contribution in [0.1, 0.15) is 32.1 Å². The highest BCUT2D eigenvalue weighted by molar-refractivity contribution is 6.08. The molecule has 3 fully saturated rings. The highest BCUT2D eigenvalue weighted by Crippen LogP contribution is 2.52. The van der Waals surface area contributed by atoms with Crippen molar-refractivity contribution in [3.63, 3.8) is 0 Å². The van der Waals surface area contributed by atoms with E-state index in [1.807, 2.05) is 4.90 Å². The SMILES string of the molecule is O=C(CN1C(=O)C2C3C=CC(C3)C2C1=O)N1CCCCCC1. The average molecular weight is 302 g/mol. The second kappa shape index (κ2) is 5.21. The molecule has 0 radical (unpaired) electrons. The van der Waals surface area contributed by atoms with Crippen LogP contribution in [0.2, 0.25) is 0 Å². The molecule has 4 atom stereocenters. The number of fused-ring (bicyclic) bond motifs is 5. The highest BCUT2D eigenvalue weighted by atomic mass is 16.2. The lowest BCUT2D eigenvalue weighted by Gasteiger charge is -2.24. The number of carbonyl (C=O) groups excluding carboxylic acids is 3. The van der Waals surface area contributed by atoms with Crippen molar-refractivity contribution in [2.24, 2.45) is 23.7 Å². The number of amides is 3. The summed E-state index contributed by atoms with van der Waals surface area (Å²) in [5.41, 5.74) is 0. The molecule has 22 heavy (non-hydrogen) atoms. The second-order valence-electron chi connectivity index (χ2n) is 7.06. The molecule has 0 spiro atoms. The van der Waals surface area contributed by atoms with Crippen molar-refractivity contribution in [3.05, 3.63) is 12.2 Å². The number of likely N-dealkylation sites (tertiary alicyclic amines) is 2. The summed E-state index contributed by atoms with van der Waals surface area (Å²) < 4.78 is 0. The number of carbonyl (C=O) groups is 3. The Morgan fingerprint density at radius 2 is 1.50 bits per heavy atom. The summed E-state index contributed by atoms with van der Waals surface area (Å²) >= 11 is 0. The predicted molar refractivity (Wildman–Crippen MR) is 79.5 cm³/mol. The van der Waals surface area contributed by atoms with Gasteiger partial charge in [0.05, 0.1) is 11.8 Å². The van der Waals surface area contributed by atoms with E-state index in [0.717, 1.165) is 45.2 Å². The number of rotatable bonds is 2. The van der Waals surface area contributed by atoms with Gasteiger partial charge in [0, 0.05) is 13.1 Å². The maximum absolute atomic E-state index is 12.6. The second-order valence-corrected chi connectivity index (χ2v) is 7.06. The fourth-order valence-corrected chi connectivity index (χ4v) is 4.68. The predicted octanol–water partition coefficient (Wildman–Crippen LogP) is 1.20. The third kappa shape index (κ3) is 2.02. The number of nitrogens with zero attached hydrogens (tertiary/aromatic N) is 2. The maximum Gasteiger partial charge on any atom is 0.242 e. The van der Waals surface area contributed by atoms with E-state index in [1.54, 1.807) is 0 Å². The first kappa shape index (κ1) is 14.0. The minimum Gasteiger partial charge on any atom is -0.341 e. The molecule has 0 N–H and O–H groups in total. The van der Waals surface area contributed by atoms with Crippen LogP contribution < -0.4 is 0 Å². The summed E-state index contributed by atoms with van der Waals surface area (Å²) in [6.45, 7) is 1.47. The molecule has 2 aliphatic carbocycles. The van der Waals surface area contributed by atoms with E-state index in [-0.39, 0.29) is 47.9 Å². The summed E-state index contributed by atoms with van der Waals surface area (Å²) in [7, 11) is 0. The van der Waals surface area contributed by atoms with Crippen LogP contribution >= 0.6 is 0 Å². The first-order valence-electron chi connectivity index (χ1n) is 8.48. The van der Waals surface area contributed by atoms with Gasteiger partial charge in [0.15, 0.2) is 0 Å². The molecule has 2 heterocycles. The van der Waals surface area contributed by atoms with Gasteiger partial charge in [-0.25, -0.2) is 0 Å². The van der Waals surface area contributed by atoms with Crippen LogP contribution in [-0.4, -0.2) is 47.2 Å². The lowest BCUT2D eigenvalue weighted by Crippen LogP contribution is -2.44. The quantitative estimate of drug-likeness (QED) is 0.569. The fraction of sp³-hybridized carbons (Fsp3) is 0.706. The molecular weight excluding hydrogens is 280 g/mol. The van der Waals surface area contributed by atoms with Gasteiger partial charge >= 0.3 is 0 Å². The molecule has 1 saturated carbocycles. The monoisotopic (exact) mass is 302 g/mol. The van der Waals surface area contributed by atoms with Crippen LogP contribution in [0.15, 0.2) is 12.2 Å². The van der Waals surface area contributed by atoms with E-state index in [2.05, 4.69) is 12.2 Å². The summed E-state index contributed by atoms with van der Waals surface area (Å²) in [6.07, 6.45) is 9.45.